The monoisotopic (exact) mass is 236 g/mol. The first-order valence-electron chi connectivity index (χ1n) is 5.86. The first kappa shape index (κ1) is 11.1. The van der Waals surface area contributed by atoms with Gasteiger partial charge in [-0.2, -0.15) is 0 Å². The van der Waals surface area contributed by atoms with Crippen LogP contribution in [0.25, 0.3) is 0 Å². The summed E-state index contributed by atoms with van der Waals surface area (Å²) < 4.78 is 11.3. The summed E-state index contributed by atoms with van der Waals surface area (Å²) in [5.41, 5.74) is -1.78. The molecule has 0 aromatic heterocycles. The molecular weight excluding hydrogens is 220 g/mol. The lowest BCUT2D eigenvalue weighted by Crippen LogP contribution is -2.51. The Balaban J connectivity index is 2.04. The minimum atomic E-state index is -0.680. The van der Waals surface area contributed by atoms with Crippen molar-refractivity contribution < 1.29 is 19.1 Å². The molecule has 17 heavy (non-hydrogen) atoms. The molecule has 1 saturated carbocycles. The van der Waals surface area contributed by atoms with Gasteiger partial charge in [-0.3, -0.25) is 9.59 Å². The summed E-state index contributed by atoms with van der Waals surface area (Å²) in [6.45, 7) is 7.17. The molecule has 4 nitrogen and oxygen atoms in total. The number of ketones is 2. The molecule has 92 valence electrons. The molecule has 2 heterocycles. The Morgan fingerprint density at radius 1 is 1.35 bits per heavy atom. The third kappa shape index (κ3) is 1.06. The van der Waals surface area contributed by atoms with Crippen molar-refractivity contribution in [2.45, 2.75) is 51.1 Å². The second-order valence-corrected chi connectivity index (χ2v) is 5.86. The second-order valence-electron chi connectivity index (χ2n) is 5.86. The SMILES string of the molecule is CC(=O)/C=C\C12OC1(C)C1OC1C(=O)C2(C)C. The second kappa shape index (κ2) is 2.70. The molecule has 4 unspecified atom stereocenters. The molecule has 0 N–H and O–H groups in total. The molecule has 0 spiro atoms. The van der Waals surface area contributed by atoms with E-state index < -0.39 is 16.6 Å². The fourth-order valence-corrected chi connectivity index (χ4v) is 3.24. The van der Waals surface area contributed by atoms with Crippen LogP contribution in [-0.4, -0.2) is 35.0 Å². The van der Waals surface area contributed by atoms with E-state index >= 15 is 0 Å². The number of carbonyl (C=O) groups is 2. The lowest BCUT2D eigenvalue weighted by molar-refractivity contribution is -0.131. The number of hydrogen-bond acceptors (Lipinski definition) is 4. The van der Waals surface area contributed by atoms with Gasteiger partial charge in [0.2, 0.25) is 0 Å². The molecule has 2 saturated heterocycles. The zero-order chi connectivity index (χ0) is 12.6. The van der Waals surface area contributed by atoms with Crippen LogP contribution in [-0.2, 0) is 19.1 Å². The average molecular weight is 236 g/mol. The molecule has 0 amide bonds. The quantitative estimate of drug-likeness (QED) is 0.531. The van der Waals surface area contributed by atoms with E-state index in [9.17, 15) is 9.59 Å². The van der Waals surface area contributed by atoms with Crippen LogP contribution in [0.15, 0.2) is 12.2 Å². The molecular formula is C13H16O4. The maximum Gasteiger partial charge on any atom is 0.173 e. The van der Waals surface area contributed by atoms with Crippen LogP contribution in [0.2, 0.25) is 0 Å². The Kier molecular flexibility index (Phi) is 1.76. The van der Waals surface area contributed by atoms with E-state index in [4.69, 9.17) is 9.47 Å². The van der Waals surface area contributed by atoms with Crippen molar-refractivity contribution in [3.05, 3.63) is 12.2 Å². The van der Waals surface area contributed by atoms with Crippen molar-refractivity contribution in [2.24, 2.45) is 5.41 Å². The number of epoxide rings is 2. The molecule has 3 fully saturated rings. The van der Waals surface area contributed by atoms with Gasteiger partial charge in [-0.15, -0.1) is 0 Å². The van der Waals surface area contributed by atoms with Crippen molar-refractivity contribution in [1.82, 2.24) is 0 Å². The van der Waals surface area contributed by atoms with Gasteiger partial charge in [0, 0.05) is 0 Å². The number of Topliss-reactive ketones (excluding diaryl/α,β-unsaturated/α-hetero) is 1. The molecule has 0 bridgehead atoms. The smallest absolute Gasteiger partial charge is 0.173 e. The van der Waals surface area contributed by atoms with Gasteiger partial charge in [-0.05, 0) is 39.8 Å². The average Bonchev–Trinajstić information content (AvgIpc) is 3.07. The zero-order valence-corrected chi connectivity index (χ0v) is 10.4. The van der Waals surface area contributed by atoms with Crippen molar-refractivity contribution in [3.63, 3.8) is 0 Å². The highest BCUT2D eigenvalue weighted by atomic mass is 16.7. The van der Waals surface area contributed by atoms with E-state index in [1.807, 2.05) is 20.8 Å². The van der Waals surface area contributed by atoms with Gasteiger partial charge in [0.25, 0.3) is 0 Å². The van der Waals surface area contributed by atoms with Gasteiger partial charge < -0.3 is 9.47 Å². The van der Waals surface area contributed by atoms with Crippen molar-refractivity contribution in [3.8, 4) is 0 Å². The number of fused-ring (bicyclic) bond motifs is 3. The number of hydrogen-bond donors (Lipinski definition) is 0. The number of ether oxygens (including phenoxy) is 2. The third-order valence-corrected chi connectivity index (χ3v) is 4.46. The minimum absolute atomic E-state index is 0.0423. The molecule has 1 aliphatic carbocycles. The summed E-state index contributed by atoms with van der Waals surface area (Å²) in [4.78, 5) is 23.3. The topological polar surface area (TPSA) is 59.2 Å². The number of rotatable bonds is 2. The largest absolute Gasteiger partial charge is 0.358 e. The number of carbonyl (C=O) groups excluding carboxylic acids is 2. The fraction of sp³-hybridized carbons (Fsp3) is 0.692. The highest BCUT2D eigenvalue weighted by Crippen LogP contribution is 2.69. The standard InChI is InChI=1S/C13H16O4/c1-7(14)5-6-13-11(2,3)9(15)8-10(16-8)12(13,4)17-13/h5-6,8,10H,1-4H3/b6-5-. The van der Waals surface area contributed by atoms with E-state index in [1.54, 1.807) is 6.08 Å². The van der Waals surface area contributed by atoms with E-state index in [0.29, 0.717) is 0 Å². The molecule has 0 radical (unpaired) electrons. The predicted molar refractivity (Wildman–Crippen MR) is 59.5 cm³/mol. The first-order chi connectivity index (χ1) is 7.76. The van der Waals surface area contributed by atoms with Crippen LogP contribution in [0, 0.1) is 5.41 Å². The maximum absolute atomic E-state index is 12.2. The highest BCUT2D eigenvalue weighted by Gasteiger charge is 2.86. The molecule has 0 aromatic rings. The fourth-order valence-electron chi connectivity index (χ4n) is 3.24. The number of allylic oxidation sites excluding steroid dienone is 1. The molecule has 2 aliphatic heterocycles. The molecule has 4 heteroatoms. The van der Waals surface area contributed by atoms with Crippen LogP contribution < -0.4 is 0 Å². The molecule has 4 atom stereocenters. The first-order valence-corrected chi connectivity index (χ1v) is 5.86. The zero-order valence-electron chi connectivity index (χ0n) is 10.4. The summed E-state index contributed by atoms with van der Waals surface area (Å²) in [6.07, 6.45) is 2.78. The van der Waals surface area contributed by atoms with Gasteiger partial charge in [0.05, 0.1) is 5.41 Å². The molecule has 0 aromatic carbocycles. The molecule has 3 aliphatic rings. The summed E-state index contributed by atoms with van der Waals surface area (Å²) >= 11 is 0. The van der Waals surface area contributed by atoms with Crippen molar-refractivity contribution >= 4 is 11.6 Å². The van der Waals surface area contributed by atoms with Gasteiger partial charge in [-0.25, -0.2) is 0 Å². The summed E-state index contributed by atoms with van der Waals surface area (Å²) in [7, 11) is 0. The van der Waals surface area contributed by atoms with E-state index in [2.05, 4.69) is 0 Å². The Morgan fingerprint density at radius 2 is 2.00 bits per heavy atom. The predicted octanol–water partition coefficient (Wildman–Crippen LogP) is 1.04. The Morgan fingerprint density at radius 3 is 2.59 bits per heavy atom. The van der Waals surface area contributed by atoms with Crippen LogP contribution in [0.1, 0.15) is 27.7 Å². The summed E-state index contributed by atoms with van der Waals surface area (Å²) in [5.74, 6) is 0.0324. The Labute approximate surface area is 100.0 Å². The maximum atomic E-state index is 12.2. The van der Waals surface area contributed by atoms with Crippen molar-refractivity contribution in [2.75, 3.05) is 0 Å². The Hall–Kier alpha value is -1.00. The van der Waals surface area contributed by atoms with Crippen LogP contribution in [0.3, 0.4) is 0 Å². The van der Waals surface area contributed by atoms with Crippen LogP contribution in [0.5, 0.6) is 0 Å². The van der Waals surface area contributed by atoms with Gasteiger partial charge >= 0.3 is 0 Å². The van der Waals surface area contributed by atoms with Gasteiger partial charge in [0.15, 0.2) is 11.6 Å². The minimum Gasteiger partial charge on any atom is -0.358 e. The molecule has 3 rings (SSSR count). The highest BCUT2D eigenvalue weighted by molar-refractivity contribution is 5.96. The third-order valence-electron chi connectivity index (χ3n) is 4.46. The Bertz CT molecular complexity index is 464. The van der Waals surface area contributed by atoms with Crippen molar-refractivity contribution in [1.29, 1.82) is 0 Å². The lowest BCUT2D eigenvalue weighted by atomic mass is 9.63. The van der Waals surface area contributed by atoms with E-state index in [1.165, 1.54) is 13.0 Å². The normalized spacial score (nSPS) is 49.8. The van der Waals surface area contributed by atoms with E-state index in [-0.39, 0.29) is 23.8 Å². The van der Waals surface area contributed by atoms with E-state index in [0.717, 1.165) is 0 Å². The van der Waals surface area contributed by atoms with Gasteiger partial charge in [-0.1, -0.05) is 0 Å². The van der Waals surface area contributed by atoms with Crippen LogP contribution in [0.4, 0.5) is 0 Å². The summed E-state index contributed by atoms with van der Waals surface area (Å²) in [6, 6.07) is 0. The van der Waals surface area contributed by atoms with Gasteiger partial charge in [0.1, 0.15) is 23.4 Å². The lowest BCUT2D eigenvalue weighted by Gasteiger charge is -2.32. The summed E-state index contributed by atoms with van der Waals surface area (Å²) in [5, 5.41) is 0. The van der Waals surface area contributed by atoms with Crippen LogP contribution >= 0.6 is 0 Å².